The van der Waals surface area contributed by atoms with Crippen molar-refractivity contribution in [1.29, 1.82) is 0 Å². The maximum Gasteiger partial charge on any atom is 0.203 e. The van der Waals surface area contributed by atoms with E-state index < -0.39 is 0 Å². The number of phenolic OH excluding ortho intramolecular Hbond substituents is 1. The van der Waals surface area contributed by atoms with Crippen LogP contribution < -0.4 is 10.2 Å². The van der Waals surface area contributed by atoms with Gasteiger partial charge in [-0.25, -0.2) is 4.98 Å². The summed E-state index contributed by atoms with van der Waals surface area (Å²) in [6.45, 7) is 0. The third-order valence-electron chi connectivity index (χ3n) is 3.24. The Labute approximate surface area is 151 Å². The van der Waals surface area contributed by atoms with Crippen molar-refractivity contribution in [2.45, 2.75) is 0 Å². The zero-order chi connectivity index (χ0) is 16.9. The number of anilines is 1. The van der Waals surface area contributed by atoms with Crippen LogP contribution in [0.15, 0.2) is 57.4 Å². The van der Waals surface area contributed by atoms with Gasteiger partial charge >= 0.3 is 0 Å². The van der Waals surface area contributed by atoms with Crippen molar-refractivity contribution >= 4 is 38.6 Å². The first kappa shape index (κ1) is 16.5. The van der Waals surface area contributed by atoms with Crippen molar-refractivity contribution in [2.24, 2.45) is 5.10 Å². The Morgan fingerprint density at radius 2 is 2.08 bits per heavy atom. The molecule has 0 fully saturated rings. The van der Waals surface area contributed by atoms with E-state index in [0.717, 1.165) is 21.3 Å². The van der Waals surface area contributed by atoms with Gasteiger partial charge in [0.05, 0.1) is 19.0 Å². The van der Waals surface area contributed by atoms with E-state index in [-0.39, 0.29) is 5.75 Å². The van der Waals surface area contributed by atoms with Gasteiger partial charge in [-0.3, -0.25) is 5.43 Å². The number of halogens is 1. The Morgan fingerprint density at radius 1 is 1.29 bits per heavy atom. The van der Waals surface area contributed by atoms with E-state index in [1.54, 1.807) is 18.3 Å². The van der Waals surface area contributed by atoms with E-state index in [1.165, 1.54) is 18.4 Å². The molecule has 0 aliphatic carbocycles. The molecule has 0 saturated carbocycles. The highest BCUT2D eigenvalue weighted by Crippen LogP contribution is 2.31. The van der Waals surface area contributed by atoms with E-state index in [2.05, 4.69) is 31.4 Å². The summed E-state index contributed by atoms with van der Waals surface area (Å²) in [5.74, 6) is 0.460. The number of hydrogen-bond donors (Lipinski definition) is 2. The summed E-state index contributed by atoms with van der Waals surface area (Å²) in [6, 6.07) is 13.2. The number of benzene rings is 2. The van der Waals surface area contributed by atoms with Gasteiger partial charge in [0.15, 0.2) is 11.5 Å². The highest BCUT2D eigenvalue weighted by Gasteiger charge is 2.07. The summed E-state index contributed by atoms with van der Waals surface area (Å²) >= 11 is 4.90. The Hall–Kier alpha value is -2.38. The molecular weight excluding hydrogens is 390 g/mol. The Kier molecular flexibility index (Phi) is 5.12. The smallest absolute Gasteiger partial charge is 0.203 e. The highest BCUT2D eigenvalue weighted by molar-refractivity contribution is 9.10. The van der Waals surface area contributed by atoms with Crippen molar-refractivity contribution in [3.05, 3.63) is 57.9 Å². The molecule has 0 saturated heterocycles. The molecule has 0 bridgehead atoms. The third kappa shape index (κ3) is 3.74. The molecule has 1 aromatic heterocycles. The van der Waals surface area contributed by atoms with Crippen LogP contribution in [0.5, 0.6) is 11.5 Å². The molecule has 24 heavy (non-hydrogen) atoms. The molecule has 2 aromatic carbocycles. The lowest BCUT2D eigenvalue weighted by Gasteiger charge is -2.05. The summed E-state index contributed by atoms with van der Waals surface area (Å²) in [7, 11) is 1.50. The number of nitrogens with zero attached hydrogens (tertiary/aromatic N) is 2. The van der Waals surface area contributed by atoms with Crippen molar-refractivity contribution in [3.8, 4) is 22.8 Å². The average Bonchev–Trinajstić information content (AvgIpc) is 3.07. The van der Waals surface area contributed by atoms with Gasteiger partial charge in [0.2, 0.25) is 5.13 Å². The average molecular weight is 404 g/mol. The quantitative estimate of drug-likeness (QED) is 0.477. The minimum Gasteiger partial charge on any atom is -0.504 e. The fraction of sp³-hybridized carbons (Fsp3) is 0.0588. The Morgan fingerprint density at radius 3 is 2.83 bits per heavy atom. The summed E-state index contributed by atoms with van der Waals surface area (Å²) < 4.78 is 5.82. The Bertz CT molecular complexity index is 866. The standard InChI is InChI=1S/C17H14BrN3O2S/c1-23-16-8-13(18)12(7-15(16)22)9-19-21-17-20-14(10-24-17)11-5-3-2-4-6-11/h2-10,22H,1H3,(H,20,21)/b19-9-. The number of thiazole rings is 1. The summed E-state index contributed by atoms with van der Waals surface area (Å²) in [5, 5.41) is 16.7. The van der Waals surface area contributed by atoms with Crippen molar-refractivity contribution in [3.63, 3.8) is 0 Å². The normalized spacial score (nSPS) is 10.9. The lowest BCUT2D eigenvalue weighted by atomic mass is 10.2. The summed E-state index contributed by atoms with van der Waals surface area (Å²) in [5.41, 5.74) is 5.59. The van der Waals surface area contributed by atoms with Crippen molar-refractivity contribution in [1.82, 2.24) is 4.98 Å². The number of aromatic hydroxyl groups is 1. The number of rotatable bonds is 5. The number of phenols is 1. The van der Waals surface area contributed by atoms with Gasteiger partial charge in [0, 0.05) is 21.0 Å². The van der Waals surface area contributed by atoms with Crippen LogP contribution in [0.1, 0.15) is 5.56 Å². The van der Waals surface area contributed by atoms with Crippen LogP contribution in [0.25, 0.3) is 11.3 Å². The van der Waals surface area contributed by atoms with Crippen LogP contribution >= 0.6 is 27.3 Å². The second-order valence-electron chi connectivity index (χ2n) is 4.82. The van der Waals surface area contributed by atoms with E-state index in [1.807, 2.05) is 35.7 Å². The fourth-order valence-corrected chi connectivity index (χ4v) is 3.14. The summed E-state index contributed by atoms with van der Waals surface area (Å²) in [4.78, 5) is 4.49. The molecule has 122 valence electrons. The molecule has 1 heterocycles. The predicted molar refractivity (Wildman–Crippen MR) is 101 cm³/mol. The molecule has 0 amide bonds. The van der Waals surface area contributed by atoms with Gasteiger partial charge in [0.25, 0.3) is 0 Å². The third-order valence-corrected chi connectivity index (χ3v) is 4.67. The van der Waals surface area contributed by atoms with Gasteiger partial charge in [-0.2, -0.15) is 5.10 Å². The minimum absolute atomic E-state index is 0.0581. The number of hydrazone groups is 1. The molecule has 3 aromatic rings. The van der Waals surface area contributed by atoms with Crippen LogP contribution in [0.2, 0.25) is 0 Å². The molecule has 2 N–H and O–H groups in total. The van der Waals surface area contributed by atoms with Crippen molar-refractivity contribution in [2.75, 3.05) is 12.5 Å². The lowest BCUT2D eigenvalue weighted by Crippen LogP contribution is -1.92. The molecular formula is C17H14BrN3O2S. The Balaban J connectivity index is 1.71. The molecule has 0 radical (unpaired) electrons. The zero-order valence-electron chi connectivity index (χ0n) is 12.7. The molecule has 0 atom stereocenters. The molecule has 7 heteroatoms. The molecule has 5 nitrogen and oxygen atoms in total. The lowest BCUT2D eigenvalue weighted by molar-refractivity contribution is 0.373. The van der Waals surface area contributed by atoms with E-state index >= 15 is 0 Å². The van der Waals surface area contributed by atoms with Gasteiger partial charge in [-0.05, 0) is 28.1 Å². The van der Waals surface area contributed by atoms with Crippen LogP contribution in [0.3, 0.4) is 0 Å². The largest absolute Gasteiger partial charge is 0.504 e. The first-order valence-electron chi connectivity index (χ1n) is 7.04. The van der Waals surface area contributed by atoms with Crippen LogP contribution in [0.4, 0.5) is 5.13 Å². The molecule has 0 spiro atoms. The number of nitrogens with one attached hydrogen (secondary N) is 1. The first-order chi connectivity index (χ1) is 11.7. The number of aromatic nitrogens is 1. The number of methoxy groups -OCH3 is 1. The minimum atomic E-state index is 0.0581. The predicted octanol–water partition coefficient (Wildman–Crippen LogP) is 4.73. The van der Waals surface area contributed by atoms with Gasteiger partial charge < -0.3 is 9.84 Å². The second kappa shape index (κ2) is 7.46. The molecule has 3 rings (SSSR count). The number of ether oxygens (including phenoxy) is 1. The van der Waals surface area contributed by atoms with E-state index in [0.29, 0.717) is 10.9 Å². The fourth-order valence-electron chi connectivity index (χ4n) is 2.05. The number of hydrogen-bond acceptors (Lipinski definition) is 6. The highest BCUT2D eigenvalue weighted by atomic mass is 79.9. The van der Waals surface area contributed by atoms with Gasteiger partial charge in [-0.1, -0.05) is 30.3 Å². The molecule has 0 aliphatic heterocycles. The second-order valence-corrected chi connectivity index (χ2v) is 6.53. The monoisotopic (exact) mass is 403 g/mol. The zero-order valence-corrected chi connectivity index (χ0v) is 15.1. The van der Waals surface area contributed by atoms with Gasteiger partial charge in [0.1, 0.15) is 0 Å². The van der Waals surface area contributed by atoms with Gasteiger partial charge in [-0.15, -0.1) is 11.3 Å². The van der Waals surface area contributed by atoms with Crippen LogP contribution in [-0.4, -0.2) is 23.4 Å². The van der Waals surface area contributed by atoms with E-state index in [4.69, 9.17) is 4.74 Å². The topological polar surface area (TPSA) is 66.7 Å². The maximum absolute atomic E-state index is 9.82. The SMILES string of the molecule is COc1cc(Br)c(/C=N\Nc2nc(-c3ccccc3)cs2)cc1O. The maximum atomic E-state index is 9.82. The first-order valence-corrected chi connectivity index (χ1v) is 8.71. The molecule has 0 unspecified atom stereocenters. The molecule has 0 aliphatic rings. The van der Waals surface area contributed by atoms with Crippen molar-refractivity contribution < 1.29 is 9.84 Å². The van der Waals surface area contributed by atoms with E-state index in [9.17, 15) is 5.11 Å². The summed E-state index contributed by atoms with van der Waals surface area (Å²) in [6.07, 6.45) is 1.60. The van der Waals surface area contributed by atoms with Crippen LogP contribution in [-0.2, 0) is 0 Å². The van der Waals surface area contributed by atoms with Crippen LogP contribution in [0, 0.1) is 0 Å².